The molecule has 5 nitrogen and oxygen atoms in total. The number of sulfone groups is 1. The largest absolute Gasteiger partial charge is 0.356 e. The van der Waals surface area contributed by atoms with Crippen molar-refractivity contribution in [2.24, 2.45) is 4.99 Å². The van der Waals surface area contributed by atoms with Gasteiger partial charge in [-0.25, -0.2) is 8.42 Å². The minimum atomic E-state index is -2.90. The van der Waals surface area contributed by atoms with E-state index in [4.69, 9.17) is 11.6 Å². The molecule has 126 valence electrons. The first-order chi connectivity index (χ1) is 9.90. The second kappa shape index (κ2) is 11.1. The Bertz CT molecular complexity index is 562. The maximum absolute atomic E-state index is 11.0. The molecule has 0 unspecified atom stereocenters. The Morgan fingerprint density at radius 3 is 2.32 bits per heavy atom. The number of aliphatic imine (C=N–C) groups is 1. The highest BCUT2D eigenvalue weighted by Gasteiger charge is 2.02. The average molecular weight is 460 g/mol. The van der Waals surface area contributed by atoms with Gasteiger partial charge in [-0.1, -0.05) is 23.7 Å². The predicted octanol–water partition coefficient (Wildman–Crippen LogP) is 2.10. The van der Waals surface area contributed by atoms with E-state index < -0.39 is 9.84 Å². The van der Waals surface area contributed by atoms with Gasteiger partial charge in [0.15, 0.2) is 5.96 Å². The van der Waals surface area contributed by atoms with E-state index in [0.717, 1.165) is 18.0 Å². The molecule has 1 rings (SSSR count). The van der Waals surface area contributed by atoms with Crippen molar-refractivity contribution in [3.63, 3.8) is 0 Å². The van der Waals surface area contributed by atoms with E-state index in [1.165, 1.54) is 11.8 Å². The minimum Gasteiger partial charge on any atom is -0.356 e. The molecule has 0 bridgehead atoms. The van der Waals surface area contributed by atoms with E-state index in [-0.39, 0.29) is 29.7 Å². The van der Waals surface area contributed by atoms with Crippen LogP contribution in [0, 0.1) is 0 Å². The minimum absolute atomic E-state index is 0. The molecule has 0 fully saturated rings. The van der Waals surface area contributed by atoms with E-state index in [1.54, 1.807) is 7.05 Å². The van der Waals surface area contributed by atoms with Gasteiger partial charge in [0, 0.05) is 31.4 Å². The molecule has 0 spiro atoms. The molecule has 0 radical (unpaired) electrons. The van der Waals surface area contributed by atoms with Gasteiger partial charge in [-0.2, -0.15) is 0 Å². The summed E-state index contributed by atoms with van der Waals surface area (Å²) in [6, 6.07) is 7.73. The van der Waals surface area contributed by atoms with Gasteiger partial charge < -0.3 is 10.6 Å². The fraction of sp³-hybridized carbons (Fsp3) is 0.500. The number of nitrogens with zero attached hydrogens (tertiary/aromatic N) is 1. The lowest BCUT2D eigenvalue weighted by molar-refractivity contribution is 0.598. The molecule has 1 aromatic carbocycles. The van der Waals surface area contributed by atoms with Gasteiger partial charge in [-0.3, -0.25) is 4.99 Å². The van der Waals surface area contributed by atoms with Gasteiger partial charge in [0.1, 0.15) is 9.84 Å². The fourth-order valence-corrected chi connectivity index (χ4v) is 2.53. The average Bonchev–Trinajstić information content (AvgIpc) is 2.42. The quantitative estimate of drug-likeness (QED) is 0.284. The molecule has 8 heteroatoms. The number of guanidine groups is 1. The first-order valence-electron chi connectivity index (χ1n) is 6.77. The summed E-state index contributed by atoms with van der Waals surface area (Å²) in [7, 11) is -1.21. The van der Waals surface area contributed by atoms with Crippen LogP contribution in [0.1, 0.15) is 12.0 Å². The molecule has 2 N–H and O–H groups in total. The van der Waals surface area contributed by atoms with Crippen LogP contribution in [0.2, 0.25) is 5.02 Å². The van der Waals surface area contributed by atoms with Crippen LogP contribution in [0.15, 0.2) is 29.3 Å². The molecule has 0 heterocycles. The summed E-state index contributed by atoms with van der Waals surface area (Å²) in [6.45, 7) is 1.32. The number of hydrogen-bond donors (Lipinski definition) is 2. The van der Waals surface area contributed by atoms with Gasteiger partial charge in [0.25, 0.3) is 0 Å². The normalized spacial score (nSPS) is 11.7. The Hall–Kier alpha value is -0.540. The molecule has 0 atom stereocenters. The Labute approximate surface area is 154 Å². The molecule has 1 aromatic rings. The summed E-state index contributed by atoms with van der Waals surface area (Å²) in [6.07, 6.45) is 2.67. The molecule has 0 aliphatic carbocycles. The van der Waals surface area contributed by atoms with Crippen LogP contribution in [-0.4, -0.2) is 46.5 Å². The van der Waals surface area contributed by atoms with Crippen LogP contribution in [0.25, 0.3) is 0 Å². The Kier molecular flexibility index (Phi) is 10.8. The monoisotopic (exact) mass is 459 g/mol. The van der Waals surface area contributed by atoms with Crippen molar-refractivity contribution < 1.29 is 8.42 Å². The third kappa shape index (κ3) is 10.2. The van der Waals surface area contributed by atoms with Crippen molar-refractivity contribution in [2.75, 3.05) is 32.1 Å². The van der Waals surface area contributed by atoms with Gasteiger partial charge >= 0.3 is 0 Å². The van der Waals surface area contributed by atoms with Gasteiger partial charge in [0.05, 0.1) is 5.75 Å². The highest BCUT2D eigenvalue weighted by atomic mass is 127. The van der Waals surface area contributed by atoms with Crippen LogP contribution in [0.5, 0.6) is 0 Å². The van der Waals surface area contributed by atoms with Crippen LogP contribution >= 0.6 is 35.6 Å². The van der Waals surface area contributed by atoms with Crippen molar-refractivity contribution in [1.29, 1.82) is 0 Å². The van der Waals surface area contributed by atoms with Crippen molar-refractivity contribution in [3.8, 4) is 0 Å². The Morgan fingerprint density at radius 1 is 1.18 bits per heavy atom. The molecule has 0 aliphatic heterocycles. The van der Waals surface area contributed by atoms with E-state index in [9.17, 15) is 8.42 Å². The first kappa shape index (κ1) is 21.5. The summed E-state index contributed by atoms with van der Waals surface area (Å²) in [5.74, 6) is 0.861. The lowest BCUT2D eigenvalue weighted by Crippen LogP contribution is -2.39. The van der Waals surface area contributed by atoms with Crippen LogP contribution < -0.4 is 10.6 Å². The van der Waals surface area contributed by atoms with E-state index in [2.05, 4.69) is 15.6 Å². The number of benzene rings is 1. The Balaban J connectivity index is 0.00000441. The molecular weight excluding hydrogens is 437 g/mol. The van der Waals surface area contributed by atoms with Gasteiger partial charge in [0.2, 0.25) is 0 Å². The van der Waals surface area contributed by atoms with E-state index >= 15 is 0 Å². The van der Waals surface area contributed by atoms with Crippen LogP contribution in [0.4, 0.5) is 0 Å². The summed E-state index contributed by atoms with van der Waals surface area (Å²) < 4.78 is 22.0. The lowest BCUT2D eigenvalue weighted by atomic mass is 10.1. The van der Waals surface area contributed by atoms with Crippen molar-refractivity contribution in [3.05, 3.63) is 34.9 Å². The summed E-state index contributed by atoms with van der Waals surface area (Å²) in [5.41, 5.74) is 1.19. The number of nitrogens with one attached hydrogen (secondary N) is 2. The van der Waals surface area contributed by atoms with Gasteiger partial charge in [-0.05, 0) is 30.5 Å². The van der Waals surface area contributed by atoms with Crippen LogP contribution in [-0.2, 0) is 16.3 Å². The van der Waals surface area contributed by atoms with Gasteiger partial charge in [-0.15, -0.1) is 24.0 Å². The highest BCUT2D eigenvalue weighted by molar-refractivity contribution is 14.0. The lowest BCUT2D eigenvalue weighted by Gasteiger charge is -2.11. The Morgan fingerprint density at radius 2 is 1.77 bits per heavy atom. The highest BCUT2D eigenvalue weighted by Crippen LogP contribution is 2.09. The topological polar surface area (TPSA) is 70.6 Å². The molecule has 0 aliphatic rings. The fourth-order valence-electron chi connectivity index (χ4n) is 1.74. The number of rotatable bonds is 7. The smallest absolute Gasteiger partial charge is 0.190 e. The zero-order valence-corrected chi connectivity index (χ0v) is 16.7. The zero-order chi connectivity index (χ0) is 15.7. The van der Waals surface area contributed by atoms with Crippen molar-refractivity contribution in [1.82, 2.24) is 10.6 Å². The molecule has 0 aromatic heterocycles. The maximum atomic E-state index is 11.0. The van der Waals surface area contributed by atoms with Crippen molar-refractivity contribution in [2.45, 2.75) is 12.8 Å². The molecular formula is C14H23ClIN3O2S. The second-order valence-electron chi connectivity index (χ2n) is 4.79. The number of hydrogen-bond acceptors (Lipinski definition) is 3. The maximum Gasteiger partial charge on any atom is 0.190 e. The first-order valence-corrected chi connectivity index (χ1v) is 9.21. The van der Waals surface area contributed by atoms with E-state index in [0.29, 0.717) is 18.9 Å². The van der Waals surface area contributed by atoms with Crippen molar-refractivity contribution >= 4 is 51.4 Å². The third-order valence-corrected chi connectivity index (χ3v) is 4.11. The number of halogens is 2. The molecule has 0 saturated carbocycles. The van der Waals surface area contributed by atoms with E-state index in [1.807, 2.05) is 24.3 Å². The zero-order valence-electron chi connectivity index (χ0n) is 12.8. The predicted molar refractivity (Wildman–Crippen MR) is 104 cm³/mol. The third-order valence-electron chi connectivity index (χ3n) is 2.83. The second-order valence-corrected chi connectivity index (χ2v) is 7.48. The van der Waals surface area contributed by atoms with Crippen LogP contribution in [0.3, 0.4) is 0 Å². The molecule has 22 heavy (non-hydrogen) atoms. The summed E-state index contributed by atoms with van der Waals surface area (Å²) in [4.78, 5) is 4.09. The summed E-state index contributed by atoms with van der Waals surface area (Å²) >= 11 is 5.83. The summed E-state index contributed by atoms with van der Waals surface area (Å²) in [5, 5.41) is 7.01. The molecule has 0 saturated heterocycles. The SMILES string of the molecule is CN=C(NCCCS(C)(=O)=O)NCCc1ccc(Cl)cc1.I. The molecule has 0 amide bonds. The standard InChI is InChI=1S/C14H22ClN3O2S.HI/c1-16-14(17-9-3-11-21(2,19)20)18-10-8-12-4-6-13(15)7-5-12;/h4-7H,3,8-11H2,1-2H3,(H2,16,17,18);1H.